The Labute approximate surface area is 150 Å². The number of nitrogens with two attached hydrogens (primary N) is 1. The highest BCUT2D eigenvalue weighted by atomic mass is 32.2. The number of amides is 1. The molecule has 0 saturated carbocycles. The van der Waals surface area contributed by atoms with Crippen LogP contribution in [0.2, 0.25) is 0 Å². The lowest BCUT2D eigenvalue weighted by molar-refractivity contribution is 0.0936. The van der Waals surface area contributed by atoms with Gasteiger partial charge in [0.15, 0.2) is 0 Å². The van der Waals surface area contributed by atoms with Crippen molar-refractivity contribution in [3.8, 4) is 0 Å². The Morgan fingerprint density at radius 3 is 2.36 bits per heavy atom. The second kappa shape index (κ2) is 7.85. The maximum atomic E-state index is 12.5. The van der Waals surface area contributed by atoms with Gasteiger partial charge in [-0.3, -0.25) is 4.79 Å². The van der Waals surface area contributed by atoms with Gasteiger partial charge in [0.25, 0.3) is 5.91 Å². The largest absolute Gasteiger partial charge is 0.351 e. The van der Waals surface area contributed by atoms with E-state index in [1.165, 1.54) is 12.5 Å². The highest BCUT2D eigenvalue weighted by molar-refractivity contribution is 7.89. The summed E-state index contributed by atoms with van der Waals surface area (Å²) in [5.74, 6) is 1.09. The van der Waals surface area contributed by atoms with Crippen LogP contribution in [0.1, 0.15) is 41.8 Å². The van der Waals surface area contributed by atoms with Crippen molar-refractivity contribution in [3.05, 3.63) is 28.8 Å². The molecular weight excluding hydrogens is 338 g/mol. The predicted molar refractivity (Wildman–Crippen MR) is 99.0 cm³/mol. The number of aryl methyl sites for hydroxylation is 2. The fourth-order valence-corrected chi connectivity index (χ4v) is 4.57. The first kappa shape index (κ1) is 19.9. The third kappa shape index (κ3) is 5.26. The number of hydrogen-bond acceptors (Lipinski definition) is 4. The number of carbonyl (C=O) groups is 1. The number of benzene rings is 1. The minimum Gasteiger partial charge on any atom is -0.351 e. The number of likely N-dealkylation sites (tertiary alicyclic amines) is 1. The van der Waals surface area contributed by atoms with E-state index in [-0.39, 0.29) is 10.8 Å². The van der Waals surface area contributed by atoms with Crippen molar-refractivity contribution in [2.45, 2.75) is 39.0 Å². The number of piperidine rings is 1. The van der Waals surface area contributed by atoms with Gasteiger partial charge in [0.2, 0.25) is 10.0 Å². The van der Waals surface area contributed by atoms with Crippen LogP contribution >= 0.6 is 0 Å². The molecule has 0 radical (unpaired) electrons. The zero-order chi connectivity index (χ0) is 18.8. The first-order chi connectivity index (χ1) is 11.6. The Hall–Kier alpha value is -1.44. The topological polar surface area (TPSA) is 92.5 Å². The average molecular weight is 368 g/mol. The second-order valence-corrected chi connectivity index (χ2v) is 8.97. The van der Waals surface area contributed by atoms with E-state index in [9.17, 15) is 13.2 Å². The second-order valence-electron chi connectivity index (χ2n) is 7.44. The number of hydrogen-bond donors (Lipinski definition) is 2. The van der Waals surface area contributed by atoms with Gasteiger partial charge in [-0.15, -0.1) is 0 Å². The Morgan fingerprint density at radius 1 is 1.20 bits per heavy atom. The molecule has 0 aromatic heterocycles. The van der Waals surface area contributed by atoms with Crippen molar-refractivity contribution in [1.29, 1.82) is 0 Å². The summed E-state index contributed by atoms with van der Waals surface area (Å²) < 4.78 is 23.3. The Morgan fingerprint density at radius 2 is 1.80 bits per heavy atom. The molecule has 1 aromatic carbocycles. The molecular formula is C18H29N3O3S. The fourth-order valence-electron chi connectivity index (χ4n) is 3.78. The van der Waals surface area contributed by atoms with Crippen LogP contribution in [0.5, 0.6) is 0 Å². The third-order valence-corrected chi connectivity index (χ3v) is 5.78. The Bertz CT molecular complexity index is 736. The van der Waals surface area contributed by atoms with E-state index in [0.717, 1.165) is 25.2 Å². The van der Waals surface area contributed by atoms with Crippen LogP contribution in [0.15, 0.2) is 17.0 Å². The van der Waals surface area contributed by atoms with Crippen LogP contribution < -0.4 is 10.5 Å². The molecule has 2 atom stereocenters. The predicted octanol–water partition coefficient (Wildman–Crippen LogP) is 1.66. The number of nitrogens with one attached hydrogen (secondary N) is 1. The molecule has 1 amide bonds. The number of rotatable bonds is 5. The van der Waals surface area contributed by atoms with E-state index in [0.29, 0.717) is 29.5 Å². The van der Waals surface area contributed by atoms with Crippen molar-refractivity contribution in [1.82, 2.24) is 10.2 Å². The molecule has 0 bridgehead atoms. The first-order valence-electron chi connectivity index (χ1n) is 8.72. The first-order valence-corrected chi connectivity index (χ1v) is 10.3. The van der Waals surface area contributed by atoms with Crippen LogP contribution in [-0.2, 0) is 10.0 Å². The number of primary sulfonamides is 1. The van der Waals surface area contributed by atoms with Crippen LogP contribution in [0.25, 0.3) is 0 Å². The van der Waals surface area contributed by atoms with Gasteiger partial charge in [-0.25, -0.2) is 13.6 Å². The molecule has 7 heteroatoms. The van der Waals surface area contributed by atoms with Crippen LogP contribution in [0.3, 0.4) is 0 Å². The van der Waals surface area contributed by atoms with E-state index >= 15 is 0 Å². The minimum absolute atomic E-state index is 0.00179. The maximum absolute atomic E-state index is 12.5. The third-order valence-electron chi connectivity index (χ3n) is 4.73. The van der Waals surface area contributed by atoms with E-state index in [1.807, 2.05) is 0 Å². The standard InChI is InChI=1S/C18H29N3O3S/c1-12-7-13(2)11-21(10-12)6-5-20-18(22)16-9-17(25(19,23)24)15(4)8-14(16)3/h8-9,12-13H,5-7,10-11H2,1-4H3,(H,20,22)(H2,19,23,24)/t12-,13-/m0/s1. The van der Waals surface area contributed by atoms with E-state index in [2.05, 4.69) is 24.1 Å². The van der Waals surface area contributed by atoms with Gasteiger partial charge < -0.3 is 10.2 Å². The SMILES string of the molecule is Cc1cc(C)c(S(N)(=O)=O)cc1C(=O)NCCN1C[C@@H](C)C[C@H](C)C1. The summed E-state index contributed by atoms with van der Waals surface area (Å²) in [5.41, 5.74) is 1.64. The molecule has 0 unspecified atom stereocenters. The molecule has 1 saturated heterocycles. The number of sulfonamides is 1. The molecule has 6 nitrogen and oxygen atoms in total. The van der Waals surface area contributed by atoms with E-state index in [1.54, 1.807) is 19.9 Å². The summed E-state index contributed by atoms with van der Waals surface area (Å²) in [5, 5.41) is 8.13. The molecule has 1 fully saturated rings. The molecule has 3 N–H and O–H groups in total. The van der Waals surface area contributed by atoms with E-state index in [4.69, 9.17) is 5.14 Å². The molecule has 25 heavy (non-hydrogen) atoms. The van der Waals surface area contributed by atoms with Gasteiger partial charge in [0.05, 0.1) is 4.90 Å². The molecule has 0 spiro atoms. The lowest BCUT2D eigenvalue weighted by Crippen LogP contribution is -2.43. The summed E-state index contributed by atoms with van der Waals surface area (Å²) in [4.78, 5) is 14.8. The number of carbonyl (C=O) groups excluding carboxylic acids is 1. The van der Waals surface area contributed by atoms with Crippen LogP contribution in [0.4, 0.5) is 0 Å². The normalized spacial score (nSPS) is 22.0. The monoisotopic (exact) mass is 367 g/mol. The van der Waals surface area contributed by atoms with Crippen LogP contribution in [-0.4, -0.2) is 45.4 Å². The molecule has 140 valence electrons. The van der Waals surface area contributed by atoms with Gasteiger partial charge >= 0.3 is 0 Å². The minimum atomic E-state index is -3.84. The number of nitrogens with zero attached hydrogens (tertiary/aromatic N) is 1. The summed E-state index contributed by atoms with van der Waals surface area (Å²) in [6.07, 6.45) is 1.25. The lowest BCUT2D eigenvalue weighted by atomic mass is 9.92. The summed E-state index contributed by atoms with van der Waals surface area (Å²) in [6.45, 7) is 11.4. The molecule has 1 heterocycles. The van der Waals surface area contributed by atoms with E-state index < -0.39 is 10.0 Å². The van der Waals surface area contributed by atoms with Gasteiger partial charge in [0, 0.05) is 31.7 Å². The van der Waals surface area contributed by atoms with Crippen LogP contribution in [0, 0.1) is 25.7 Å². The Balaban J connectivity index is 2.01. The van der Waals surface area contributed by atoms with Gasteiger partial charge in [-0.1, -0.05) is 19.9 Å². The molecule has 1 aliphatic rings. The highest BCUT2D eigenvalue weighted by Crippen LogP contribution is 2.21. The highest BCUT2D eigenvalue weighted by Gasteiger charge is 2.22. The van der Waals surface area contributed by atoms with Crippen molar-refractivity contribution >= 4 is 15.9 Å². The molecule has 2 rings (SSSR count). The lowest BCUT2D eigenvalue weighted by Gasteiger charge is -2.34. The molecule has 0 aliphatic carbocycles. The van der Waals surface area contributed by atoms with Crippen molar-refractivity contribution in [3.63, 3.8) is 0 Å². The van der Waals surface area contributed by atoms with Gasteiger partial charge in [-0.05, 0) is 49.3 Å². The average Bonchev–Trinajstić information content (AvgIpc) is 2.44. The fraction of sp³-hybridized carbons (Fsp3) is 0.611. The smallest absolute Gasteiger partial charge is 0.251 e. The quantitative estimate of drug-likeness (QED) is 0.828. The van der Waals surface area contributed by atoms with Crippen molar-refractivity contribution < 1.29 is 13.2 Å². The molecule has 1 aromatic rings. The zero-order valence-electron chi connectivity index (χ0n) is 15.5. The maximum Gasteiger partial charge on any atom is 0.251 e. The molecule has 1 aliphatic heterocycles. The zero-order valence-corrected chi connectivity index (χ0v) is 16.3. The summed E-state index contributed by atoms with van der Waals surface area (Å²) in [7, 11) is -3.84. The summed E-state index contributed by atoms with van der Waals surface area (Å²) >= 11 is 0. The van der Waals surface area contributed by atoms with Gasteiger partial charge in [-0.2, -0.15) is 0 Å². The van der Waals surface area contributed by atoms with Gasteiger partial charge in [0.1, 0.15) is 0 Å². The summed E-state index contributed by atoms with van der Waals surface area (Å²) in [6, 6.07) is 3.06. The van der Waals surface area contributed by atoms with Crippen molar-refractivity contribution in [2.24, 2.45) is 17.0 Å². The van der Waals surface area contributed by atoms with Crippen molar-refractivity contribution in [2.75, 3.05) is 26.2 Å². The Kier molecular flexibility index (Phi) is 6.24.